The highest BCUT2D eigenvalue weighted by Gasteiger charge is 2.01. The zero-order valence-electron chi connectivity index (χ0n) is 12.5. The van der Waals surface area contributed by atoms with Crippen molar-refractivity contribution in [2.24, 2.45) is 10.7 Å². The number of aliphatic imine (C=N–C) groups is 1. The lowest BCUT2D eigenvalue weighted by atomic mass is 10.3. The third kappa shape index (κ3) is 5.50. The molecule has 0 amide bonds. The minimum absolute atomic E-state index is 0.326. The molecule has 8 heteroatoms. The van der Waals surface area contributed by atoms with E-state index in [4.69, 9.17) is 33.7 Å². The first kappa shape index (κ1) is 17.2. The molecule has 0 saturated heterocycles. The van der Waals surface area contributed by atoms with Crippen LogP contribution in [0.3, 0.4) is 0 Å². The lowest BCUT2D eigenvalue weighted by molar-refractivity contribution is 0.415. The number of methoxy groups -OCH3 is 1. The van der Waals surface area contributed by atoms with Crippen LogP contribution >= 0.6 is 23.2 Å². The summed E-state index contributed by atoms with van der Waals surface area (Å²) in [5, 5.41) is 7.02. The Balaban J connectivity index is 1.80. The molecule has 6 nitrogen and oxygen atoms in total. The maximum Gasteiger partial charge on any atom is 0.193 e. The second kappa shape index (κ2) is 8.45. The van der Waals surface area contributed by atoms with E-state index in [1.165, 1.54) is 6.20 Å². The van der Waals surface area contributed by atoms with Gasteiger partial charge in [0.2, 0.25) is 0 Å². The minimum Gasteiger partial charge on any atom is -0.497 e. The highest BCUT2D eigenvalue weighted by atomic mass is 35.5. The lowest BCUT2D eigenvalue weighted by Gasteiger charge is -2.08. The minimum atomic E-state index is 0.326. The molecule has 0 atom stereocenters. The predicted molar refractivity (Wildman–Crippen MR) is 95.9 cm³/mol. The van der Waals surface area contributed by atoms with E-state index in [1.807, 2.05) is 24.3 Å². The molecule has 122 valence electrons. The van der Waals surface area contributed by atoms with E-state index in [2.05, 4.69) is 20.6 Å². The van der Waals surface area contributed by atoms with Crippen molar-refractivity contribution in [3.8, 4) is 5.75 Å². The number of hydrogen-bond acceptors (Lipinski definition) is 4. The number of benzene rings is 1. The molecule has 4 N–H and O–H groups in total. The number of aromatic nitrogens is 1. The van der Waals surface area contributed by atoms with Crippen LogP contribution in [0.5, 0.6) is 5.75 Å². The van der Waals surface area contributed by atoms with Crippen molar-refractivity contribution in [3.05, 3.63) is 46.6 Å². The number of ether oxygens (including phenoxy) is 1. The Hall–Kier alpha value is -2.18. The maximum atomic E-state index is 6.01. The van der Waals surface area contributed by atoms with Gasteiger partial charge in [0.15, 0.2) is 5.96 Å². The van der Waals surface area contributed by atoms with Crippen LogP contribution in [0.2, 0.25) is 10.0 Å². The van der Waals surface area contributed by atoms with Crippen LogP contribution in [0.15, 0.2) is 41.5 Å². The van der Waals surface area contributed by atoms with Gasteiger partial charge in [-0.2, -0.15) is 0 Å². The third-order valence-corrected chi connectivity index (χ3v) is 3.35. The summed E-state index contributed by atoms with van der Waals surface area (Å²) in [6.45, 7) is 1.01. The summed E-state index contributed by atoms with van der Waals surface area (Å²) in [6, 6.07) is 9.02. The summed E-state index contributed by atoms with van der Waals surface area (Å²) >= 11 is 11.8. The zero-order chi connectivity index (χ0) is 16.7. The van der Waals surface area contributed by atoms with E-state index in [0.29, 0.717) is 34.9 Å². The van der Waals surface area contributed by atoms with Gasteiger partial charge in [-0.3, -0.25) is 4.99 Å². The van der Waals surface area contributed by atoms with Gasteiger partial charge in [0.05, 0.1) is 23.7 Å². The number of nitrogens with one attached hydrogen (secondary N) is 2. The van der Waals surface area contributed by atoms with Gasteiger partial charge in [-0.05, 0) is 30.3 Å². The first-order valence-electron chi connectivity index (χ1n) is 6.84. The number of anilines is 2. The zero-order valence-corrected chi connectivity index (χ0v) is 14.0. The molecule has 2 aromatic rings. The van der Waals surface area contributed by atoms with Crippen LogP contribution in [0.4, 0.5) is 11.5 Å². The third-order valence-electron chi connectivity index (χ3n) is 2.86. The van der Waals surface area contributed by atoms with Crippen molar-refractivity contribution in [2.45, 2.75) is 0 Å². The molecule has 0 aliphatic carbocycles. The Labute approximate surface area is 144 Å². The van der Waals surface area contributed by atoms with Crippen molar-refractivity contribution in [2.75, 3.05) is 30.8 Å². The second-order valence-electron chi connectivity index (χ2n) is 4.53. The quantitative estimate of drug-likeness (QED) is 0.421. The van der Waals surface area contributed by atoms with Crippen molar-refractivity contribution in [3.63, 3.8) is 0 Å². The number of halogens is 2. The van der Waals surface area contributed by atoms with Crippen molar-refractivity contribution in [1.29, 1.82) is 0 Å². The fourth-order valence-corrected chi connectivity index (χ4v) is 2.20. The van der Waals surface area contributed by atoms with E-state index >= 15 is 0 Å². The van der Waals surface area contributed by atoms with Crippen LogP contribution in [0.1, 0.15) is 0 Å². The van der Waals surface area contributed by atoms with Crippen LogP contribution in [0.25, 0.3) is 0 Å². The summed E-state index contributed by atoms with van der Waals surface area (Å²) in [5.74, 6) is 1.67. The molecule has 0 bridgehead atoms. The van der Waals surface area contributed by atoms with Crippen molar-refractivity contribution < 1.29 is 4.74 Å². The van der Waals surface area contributed by atoms with Gasteiger partial charge in [0.1, 0.15) is 11.6 Å². The first-order chi connectivity index (χ1) is 11.1. The molecular weight excluding hydrogens is 337 g/mol. The number of pyridine rings is 1. The molecule has 0 radical (unpaired) electrons. The van der Waals surface area contributed by atoms with Crippen molar-refractivity contribution in [1.82, 2.24) is 4.98 Å². The van der Waals surface area contributed by atoms with Gasteiger partial charge in [-0.1, -0.05) is 23.2 Å². The number of guanidine groups is 1. The molecule has 0 aliphatic heterocycles. The maximum absolute atomic E-state index is 6.01. The van der Waals surface area contributed by atoms with Crippen LogP contribution < -0.4 is 21.1 Å². The highest BCUT2D eigenvalue weighted by molar-refractivity contribution is 6.35. The van der Waals surface area contributed by atoms with E-state index < -0.39 is 0 Å². The Bertz CT molecular complexity index is 676. The molecule has 0 unspecified atom stereocenters. The Morgan fingerprint density at radius 3 is 2.70 bits per heavy atom. The molecule has 0 fully saturated rings. The number of rotatable bonds is 6. The van der Waals surface area contributed by atoms with Crippen LogP contribution in [-0.4, -0.2) is 31.1 Å². The average Bonchev–Trinajstić information content (AvgIpc) is 2.54. The van der Waals surface area contributed by atoms with Gasteiger partial charge in [-0.25, -0.2) is 4.98 Å². The van der Waals surface area contributed by atoms with E-state index in [0.717, 1.165) is 11.4 Å². The Morgan fingerprint density at radius 2 is 2.04 bits per heavy atom. The summed E-state index contributed by atoms with van der Waals surface area (Å²) < 4.78 is 5.09. The molecule has 2 rings (SSSR count). The topological polar surface area (TPSA) is 84.6 Å². The van der Waals surface area contributed by atoms with Crippen LogP contribution in [0, 0.1) is 0 Å². The SMILES string of the molecule is COc1ccc(NC(N)=NCCNc2ncc(Cl)cc2Cl)cc1. The molecular formula is C15H17Cl2N5O. The molecule has 1 heterocycles. The first-order valence-corrected chi connectivity index (χ1v) is 7.60. The van der Waals surface area contributed by atoms with Gasteiger partial charge in [0, 0.05) is 18.4 Å². The van der Waals surface area contributed by atoms with Gasteiger partial charge < -0.3 is 21.1 Å². The van der Waals surface area contributed by atoms with E-state index in [9.17, 15) is 0 Å². The number of nitrogens with two attached hydrogens (primary N) is 1. The van der Waals surface area contributed by atoms with Gasteiger partial charge in [-0.15, -0.1) is 0 Å². The molecule has 0 aliphatic rings. The predicted octanol–water partition coefficient (Wildman–Crippen LogP) is 3.24. The van der Waals surface area contributed by atoms with Gasteiger partial charge in [0.25, 0.3) is 0 Å². The van der Waals surface area contributed by atoms with Crippen molar-refractivity contribution >= 4 is 40.7 Å². The Morgan fingerprint density at radius 1 is 1.30 bits per heavy atom. The standard InChI is InChI=1S/C15H17Cl2N5O/c1-23-12-4-2-11(3-5-12)22-15(18)20-7-6-19-14-13(17)8-10(16)9-21-14/h2-5,8-9H,6-7H2,1H3,(H,19,21)(H3,18,20,22). The summed E-state index contributed by atoms with van der Waals surface area (Å²) in [4.78, 5) is 8.31. The largest absolute Gasteiger partial charge is 0.497 e. The second-order valence-corrected chi connectivity index (χ2v) is 5.37. The monoisotopic (exact) mass is 353 g/mol. The fourth-order valence-electron chi connectivity index (χ4n) is 1.76. The fraction of sp³-hybridized carbons (Fsp3) is 0.200. The lowest BCUT2D eigenvalue weighted by Crippen LogP contribution is -2.23. The number of nitrogens with zero attached hydrogens (tertiary/aromatic N) is 2. The van der Waals surface area contributed by atoms with Gasteiger partial charge >= 0.3 is 0 Å². The summed E-state index contributed by atoms with van der Waals surface area (Å²) in [5.41, 5.74) is 6.66. The molecule has 0 saturated carbocycles. The smallest absolute Gasteiger partial charge is 0.193 e. The average molecular weight is 354 g/mol. The summed E-state index contributed by atoms with van der Waals surface area (Å²) in [6.07, 6.45) is 1.53. The Kier molecular flexibility index (Phi) is 6.31. The number of hydrogen-bond donors (Lipinski definition) is 3. The summed E-state index contributed by atoms with van der Waals surface area (Å²) in [7, 11) is 1.62. The molecule has 0 spiro atoms. The van der Waals surface area contributed by atoms with E-state index in [-0.39, 0.29) is 0 Å². The highest BCUT2D eigenvalue weighted by Crippen LogP contribution is 2.22. The molecule has 1 aromatic heterocycles. The molecule has 23 heavy (non-hydrogen) atoms. The van der Waals surface area contributed by atoms with E-state index in [1.54, 1.807) is 13.2 Å². The normalized spacial score (nSPS) is 11.2. The molecule has 1 aromatic carbocycles. The van der Waals surface area contributed by atoms with Crippen LogP contribution in [-0.2, 0) is 0 Å².